The van der Waals surface area contributed by atoms with Crippen LogP contribution < -0.4 is 5.32 Å². The number of methoxy groups -OCH3 is 1. The maximum absolute atomic E-state index is 5.66. The summed E-state index contributed by atoms with van der Waals surface area (Å²) >= 11 is 0. The number of rotatable bonds is 9. The summed E-state index contributed by atoms with van der Waals surface area (Å²) in [6, 6.07) is 0. The molecule has 1 aromatic rings. The fourth-order valence-corrected chi connectivity index (χ4v) is 2.79. The maximum Gasteiger partial charge on any atom is 0.194 e. The van der Waals surface area contributed by atoms with Crippen molar-refractivity contribution in [2.24, 2.45) is 10.9 Å². The lowest BCUT2D eigenvalue weighted by atomic mass is 10.1. The van der Waals surface area contributed by atoms with Gasteiger partial charge in [-0.05, 0) is 20.3 Å². The molecule has 1 saturated heterocycles. The smallest absolute Gasteiger partial charge is 0.194 e. The number of nitrogens with zero attached hydrogens (tertiary/aromatic N) is 5. The SMILES string of the molecule is CCNC(=NCc1nncn1CC)N1CCC(COCCOC)C1. The van der Waals surface area contributed by atoms with Crippen LogP contribution in [0.4, 0.5) is 0 Å². The Morgan fingerprint density at radius 2 is 2.29 bits per heavy atom. The lowest BCUT2D eigenvalue weighted by Crippen LogP contribution is -2.40. The van der Waals surface area contributed by atoms with E-state index in [9.17, 15) is 0 Å². The Hall–Kier alpha value is -1.67. The van der Waals surface area contributed by atoms with Crippen LogP contribution in [-0.4, -0.2) is 72.2 Å². The third kappa shape index (κ3) is 5.45. The zero-order chi connectivity index (χ0) is 17.2. The van der Waals surface area contributed by atoms with Gasteiger partial charge in [-0.2, -0.15) is 0 Å². The molecule has 1 aromatic heterocycles. The molecule has 1 atom stereocenters. The predicted octanol–water partition coefficient (Wildman–Crippen LogP) is 0.748. The van der Waals surface area contributed by atoms with Gasteiger partial charge < -0.3 is 24.3 Å². The number of hydrogen-bond donors (Lipinski definition) is 1. The number of nitrogens with one attached hydrogen (secondary N) is 1. The second-order valence-corrected chi connectivity index (χ2v) is 5.87. The molecule has 0 aliphatic carbocycles. The zero-order valence-electron chi connectivity index (χ0n) is 15.1. The van der Waals surface area contributed by atoms with Crippen LogP contribution in [0.15, 0.2) is 11.3 Å². The van der Waals surface area contributed by atoms with E-state index in [0.717, 1.165) is 51.0 Å². The minimum Gasteiger partial charge on any atom is -0.382 e. The number of guanidine groups is 1. The van der Waals surface area contributed by atoms with Gasteiger partial charge in [0.15, 0.2) is 11.8 Å². The van der Waals surface area contributed by atoms with E-state index >= 15 is 0 Å². The average molecular weight is 338 g/mol. The van der Waals surface area contributed by atoms with Crippen LogP contribution in [-0.2, 0) is 22.6 Å². The largest absolute Gasteiger partial charge is 0.382 e. The molecule has 0 spiro atoms. The quantitative estimate of drug-likeness (QED) is 0.407. The van der Waals surface area contributed by atoms with Crippen molar-refractivity contribution >= 4 is 5.96 Å². The Kier molecular flexibility index (Phi) is 7.97. The van der Waals surface area contributed by atoms with Crippen LogP contribution in [0.25, 0.3) is 0 Å². The molecule has 1 fully saturated rings. The highest BCUT2D eigenvalue weighted by molar-refractivity contribution is 5.80. The fourth-order valence-electron chi connectivity index (χ4n) is 2.79. The van der Waals surface area contributed by atoms with Gasteiger partial charge in [-0.1, -0.05) is 0 Å². The first-order chi connectivity index (χ1) is 11.8. The number of hydrogen-bond acceptors (Lipinski definition) is 5. The van der Waals surface area contributed by atoms with E-state index in [1.54, 1.807) is 13.4 Å². The van der Waals surface area contributed by atoms with E-state index in [0.29, 0.717) is 25.7 Å². The molecule has 0 bridgehead atoms. The number of ether oxygens (including phenoxy) is 2. The fraction of sp³-hybridized carbons (Fsp3) is 0.812. The molecule has 2 rings (SSSR count). The molecule has 2 heterocycles. The third-order valence-corrected chi connectivity index (χ3v) is 4.11. The molecule has 0 aromatic carbocycles. The van der Waals surface area contributed by atoms with Crippen molar-refractivity contribution in [3.05, 3.63) is 12.2 Å². The first-order valence-corrected chi connectivity index (χ1v) is 8.75. The van der Waals surface area contributed by atoms with E-state index in [2.05, 4.69) is 34.3 Å². The molecule has 0 saturated carbocycles. The highest BCUT2D eigenvalue weighted by Crippen LogP contribution is 2.17. The van der Waals surface area contributed by atoms with E-state index in [1.807, 2.05) is 4.57 Å². The second-order valence-electron chi connectivity index (χ2n) is 5.87. The molecule has 1 aliphatic rings. The molecule has 1 unspecified atom stereocenters. The third-order valence-electron chi connectivity index (χ3n) is 4.11. The summed E-state index contributed by atoms with van der Waals surface area (Å²) in [5.41, 5.74) is 0. The van der Waals surface area contributed by atoms with E-state index < -0.39 is 0 Å². The number of aryl methyl sites for hydroxylation is 1. The lowest BCUT2D eigenvalue weighted by Gasteiger charge is -2.21. The highest BCUT2D eigenvalue weighted by Gasteiger charge is 2.25. The Morgan fingerprint density at radius 1 is 1.42 bits per heavy atom. The summed E-state index contributed by atoms with van der Waals surface area (Å²) in [4.78, 5) is 7.04. The maximum atomic E-state index is 5.66. The van der Waals surface area contributed by atoms with Gasteiger partial charge in [-0.25, -0.2) is 4.99 Å². The van der Waals surface area contributed by atoms with Gasteiger partial charge in [0.05, 0.1) is 19.8 Å². The van der Waals surface area contributed by atoms with Gasteiger partial charge in [0, 0.05) is 39.2 Å². The van der Waals surface area contributed by atoms with Crippen LogP contribution in [0.1, 0.15) is 26.1 Å². The monoisotopic (exact) mass is 338 g/mol. The molecule has 1 aliphatic heterocycles. The minimum atomic E-state index is 0.543. The van der Waals surface area contributed by atoms with Gasteiger partial charge in [-0.3, -0.25) is 0 Å². The summed E-state index contributed by atoms with van der Waals surface area (Å²) in [5.74, 6) is 2.39. The van der Waals surface area contributed by atoms with E-state index in [4.69, 9.17) is 14.5 Å². The Morgan fingerprint density at radius 3 is 3.04 bits per heavy atom. The van der Waals surface area contributed by atoms with E-state index in [-0.39, 0.29) is 0 Å². The molecule has 8 nitrogen and oxygen atoms in total. The van der Waals surface area contributed by atoms with Crippen molar-refractivity contribution in [3.63, 3.8) is 0 Å². The molecule has 1 N–H and O–H groups in total. The second kappa shape index (κ2) is 10.2. The number of likely N-dealkylation sites (tertiary alicyclic amines) is 1. The van der Waals surface area contributed by atoms with Crippen molar-refractivity contribution in [1.29, 1.82) is 0 Å². The molecule has 0 radical (unpaired) electrons. The first kappa shape index (κ1) is 18.7. The van der Waals surface area contributed by atoms with Gasteiger partial charge in [0.25, 0.3) is 0 Å². The summed E-state index contributed by atoms with van der Waals surface area (Å²) in [6.45, 7) is 10.5. The molecule has 24 heavy (non-hydrogen) atoms. The van der Waals surface area contributed by atoms with Gasteiger partial charge in [0.2, 0.25) is 0 Å². The van der Waals surface area contributed by atoms with Gasteiger partial charge in [-0.15, -0.1) is 10.2 Å². The van der Waals surface area contributed by atoms with Crippen LogP contribution in [0.2, 0.25) is 0 Å². The van der Waals surface area contributed by atoms with E-state index in [1.165, 1.54) is 0 Å². The van der Waals surface area contributed by atoms with Crippen LogP contribution in [0.3, 0.4) is 0 Å². The summed E-state index contributed by atoms with van der Waals surface area (Å²) < 4.78 is 12.7. The zero-order valence-corrected chi connectivity index (χ0v) is 15.1. The molecule has 0 amide bonds. The summed E-state index contributed by atoms with van der Waals surface area (Å²) in [6.07, 6.45) is 2.88. The minimum absolute atomic E-state index is 0.543. The predicted molar refractivity (Wildman–Crippen MR) is 92.9 cm³/mol. The Labute approximate surface area is 144 Å². The Balaban J connectivity index is 1.87. The molecular formula is C16H30N6O2. The number of aliphatic imine (C=N–C) groups is 1. The van der Waals surface area contributed by atoms with Crippen molar-refractivity contribution < 1.29 is 9.47 Å². The van der Waals surface area contributed by atoms with Crippen molar-refractivity contribution in [2.45, 2.75) is 33.4 Å². The topological polar surface area (TPSA) is 76.8 Å². The normalized spacial score (nSPS) is 18.4. The van der Waals surface area contributed by atoms with Crippen molar-refractivity contribution in [1.82, 2.24) is 25.0 Å². The average Bonchev–Trinajstić information content (AvgIpc) is 3.24. The van der Waals surface area contributed by atoms with Gasteiger partial charge >= 0.3 is 0 Å². The Bertz CT molecular complexity index is 505. The van der Waals surface area contributed by atoms with Crippen LogP contribution in [0.5, 0.6) is 0 Å². The van der Waals surface area contributed by atoms with Crippen molar-refractivity contribution in [3.8, 4) is 0 Å². The van der Waals surface area contributed by atoms with Crippen LogP contribution in [0, 0.1) is 5.92 Å². The summed E-state index contributed by atoms with van der Waals surface area (Å²) in [7, 11) is 1.69. The first-order valence-electron chi connectivity index (χ1n) is 8.75. The standard InChI is InChI=1S/C16H30N6O2/c1-4-17-16(18-10-15-20-19-13-21(15)5-2)22-7-6-14(11-22)12-24-9-8-23-3/h13-14H,4-12H2,1-3H3,(H,17,18). The molecule has 8 heteroatoms. The molecular weight excluding hydrogens is 308 g/mol. The highest BCUT2D eigenvalue weighted by atomic mass is 16.5. The van der Waals surface area contributed by atoms with Crippen molar-refractivity contribution in [2.75, 3.05) is 46.6 Å². The van der Waals surface area contributed by atoms with Gasteiger partial charge in [0.1, 0.15) is 12.9 Å². The number of aromatic nitrogens is 3. The summed E-state index contributed by atoms with van der Waals surface area (Å²) in [5, 5.41) is 11.5. The molecule has 136 valence electrons. The van der Waals surface area contributed by atoms with Crippen LogP contribution >= 0.6 is 0 Å². The lowest BCUT2D eigenvalue weighted by molar-refractivity contribution is 0.0536.